The van der Waals surface area contributed by atoms with Gasteiger partial charge in [-0.25, -0.2) is 0 Å². The van der Waals surface area contributed by atoms with Gasteiger partial charge < -0.3 is 10.3 Å². The number of carbonyl (C=O) groups is 1. The van der Waals surface area contributed by atoms with E-state index in [4.69, 9.17) is 0 Å². The Morgan fingerprint density at radius 1 is 1.04 bits per heavy atom. The zero-order valence-electron chi connectivity index (χ0n) is 16.9. The summed E-state index contributed by atoms with van der Waals surface area (Å²) in [6, 6.07) is 6.14. The Morgan fingerprint density at radius 2 is 1.64 bits per heavy atom. The van der Waals surface area contributed by atoms with Crippen molar-refractivity contribution in [2.75, 3.05) is 6.54 Å². The molecule has 28 heavy (non-hydrogen) atoms. The van der Waals surface area contributed by atoms with Crippen molar-refractivity contribution in [1.29, 1.82) is 0 Å². The first-order chi connectivity index (χ1) is 13.4. The highest BCUT2D eigenvalue weighted by molar-refractivity contribution is 5.83. The molecule has 4 aliphatic rings. The molecule has 4 heteroatoms. The molecule has 4 nitrogen and oxygen atoms in total. The van der Waals surface area contributed by atoms with Gasteiger partial charge in [-0.3, -0.25) is 9.59 Å². The molecule has 1 aromatic heterocycles. The average molecular weight is 379 g/mol. The van der Waals surface area contributed by atoms with E-state index in [0.717, 1.165) is 53.5 Å². The Labute approximate surface area is 166 Å². The highest BCUT2D eigenvalue weighted by Gasteiger charge is 2.54. The summed E-state index contributed by atoms with van der Waals surface area (Å²) in [5, 5.41) is 4.25. The maximum absolute atomic E-state index is 13.1. The van der Waals surface area contributed by atoms with E-state index in [9.17, 15) is 9.59 Å². The molecule has 4 fully saturated rings. The van der Waals surface area contributed by atoms with E-state index in [1.165, 1.54) is 30.4 Å². The molecule has 2 N–H and O–H groups in total. The van der Waals surface area contributed by atoms with E-state index >= 15 is 0 Å². The first kappa shape index (κ1) is 18.0. The van der Waals surface area contributed by atoms with Crippen LogP contribution in [-0.4, -0.2) is 17.4 Å². The van der Waals surface area contributed by atoms with E-state index in [1.807, 2.05) is 12.1 Å². The van der Waals surface area contributed by atoms with E-state index in [-0.39, 0.29) is 16.9 Å². The number of carbonyl (C=O) groups excluding carboxylic acids is 1. The van der Waals surface area contributed by atoms with Gasteiger partial charge in [0.1, 0.15) is 0 Å². The first-order valence-corrected chi connectivity index (χ1v) is 10.8. The van der Waals surface area contributed by atoms with E-state index in [0.29, 0.717) is 13.0 Å². The smallest absolute Gasteiger partial charge is 0.251 e. The summed E-state index contributed by atoms with van der Waals surface area (Å²) in [6.45, 7) is 4.69. The Hall–Kier alpha value is -2.10. The molecule has 4 aliphatic carbocycles. The summed E-state index contributed by atoms with van der Waals surface area (Å²) in [4.78, 5) is 28.5. The van der Waals surface area contributed by atoms with Crippen LogP contribution in [0.25, 0.3) is 10.9 Å². The second kappa shape index (κ2) is 6.47. The van der Waals surface area contributed by atoms with Crippen molar-refractivity contribution < 1.29 is 4.79 Å². The fourth-order valence-electron chi connectivity index (χ4n) is 6.59. The van der Waals surface area contributed by atoms with Gasteiger partial charge in [0.15, 0.2) is 0 Å². The third-order valence-electron chi connectivity index (χ3n) is 7.74. The lowest BCUT2D eigenvalue weighted by molar-refractivity contribution is -0.146. The minimum atomic E-state index is -0.112. The van der Waals surface area contributed by atoms with Gasteiger partial charge in [0, 0.05) is 23.0 Å². The van der Waals surface area contributed by atoms with Crippen LogP contribution in [0.5, 0.6) is 0 Å². The van der Waals surface area contributed by atoms with Gasteiger partial charge in [0.2, 0.25) is 5.91 Å². The van der Waals surface area contributed by atoms with Crippen LogP contribution in [0, 0.1) is 37.0 Å². The third-order valence-corrected chi connectivity index (χ3v) is 7.74. The van der Waals surface area contributed by atoms with Crippen molar-refractivity contribution in [3.63, 3.8) is 0 Å². The van der Waals surface area contributed by atoms with Crippen LogP contribution in [0.1, 0.15) is 55.2 Å². The van der Waals surface area contributed by atoms with E-state index in [1.54, 1.807) is 0 Å². The average Bonchev–Trinajstić information content (AvgIpc) is 2.62. The number of aromatic amines is 1. The summed E-state index contributed by atoms with van der Waals surface area (Å²) < 4.78 is 0. The quantitative estimate of drug-likeness (QED) is 0.844. The summed E-state index contributed by atoms with van der Waals surface area (Å²) in [6.07, 6.45) is 7.87. The molecule has 0 saturated heterocycles. The lowest BCUT2D eigenvalue weighted by Gasteiger charge is -2.55. The van der Waals surface area contributed by atoms with Crippen molar-refractivity contribution in [2.45, 2.75) is 58.8 Å². The molecule has 6 rings (SSSR count). The minimum absolute atomic E-state index is 0.0418. The lowest BCUT2D eigenvalue weighted by atomic mass is 9.49. The number of pyridine rings is 1. The molecule has 0 radical (unpaired) electrons. The second-order valence-corrected chi connectivity index (χ2v) is 9.85. The van der Waals surface area contributed by atoms with Gasteiger partial charge in [-0.2, -0.15) is 0 Å². The normalized spacial score (nSPS) is 30.7. The number of aromatic nitrogens is 1. The summed E-state index contributed by atoms with van der Waals surface area (Å²) in [5.74, 6) is 2.56. The van der Waals surface area contributed by atoms with Gasteiger partial charge in [0.05, 0.1) is 0 Å². The van der Waals surface area contributed by atoms with Gasteiger partial charge in [0.25, 0.3) is 5.56 Å². The fraction of sp³-hybridized carbons (Fsp3) is 0.583. The van der Waals surface area contributed by atoms with Crippen molar-refractivity contribution >= 4 is 16.8 Å². The molecule has 2 aromatic rings. The molecule has 0 spiro atoms. The monoisotopic (exact) mass is 378 g/mol. The number of H-pyrrole nitrogens is 1. The molecule has 0 aliphatic heterocycles. The van der Waals surface area contributed by atoms with Crippen LogP contribution in [0.15, 0.2) is 23.0 Å². The SMILES string of the molecule is Cc1cc2cc(CCNC(=O)C34CC5CC(CC(C5)C3)C4)c(=O)[nH]c2cc1C. The molecule has 0 atom stereocenters. The van der Waals surface area contributed by atoms with Gasteiger partial charge >= 0.3 is 0 Å². The van der Waals surface area contributed by atoms with Crippen molar-refractivity contribution in [3.05, 3.63) is 45.2 Å². The molecule has 1 heterocycles. The van der Waals surface area contributed by atoms with Gasteiger partial charge in [-0.15, -0.1) is 0 Å². The van der Waals surface area contributed by atoms with Crippen LogP contribution in [-0.2, 0) is 11.2 Å². The molecule has 4 saturated carbocycles. The van der Waals surface area contributed by atoms with Crippen LogP contribution in [0.4, 0.5) is 0 Å². The number of aryl methyl sites for hydroxylation is 2. The predicted molar refractivity (Wildman–Crippen MR) is 111 cm³/mol. The van der Waals surface area contributed by atoms with Crippen LogP contribution < -0.4 is 10.9 Å². The molecule has 0 unspecified atom stereocenters. The number of hydrogen-bond acceptors (Lipinski definition) is 2. The topological polar surface area (TPSA) is 62.0 Å². The van der Waals surface area contributed by atoms with Crippen molar-refractivity contribution in [1.82, 2.24) is 10.3 Å². The Morgan fingerprint density at radius 3 is 2.29 bits per heavy atom. The first-order valence-electron chi connectivity index (χ1n) is 10.8. The highest BCUT2D eigenvalue weighted by Crippen LogP contribution is 2.60. The molecule has 4 bridgehead atoms. The Bertz CT molecular complexity index is 968. The standard InChI is InChI=1S/C24H30N2O2/c1-14-5-20-10-19(22(27)26-21(20)6-15(14)2)3-4-25-23(28)24-11-16-7-17(12-24)9-18(8-16)13-24/h5-6,10,16-18H,3-4,7-9,11-13H2,1-2H3,(H,25,28)(H,26,27). The summed E-state index contributed by atoms with van der Waals surface area (Å²) in [7, 11) is 0. The molecule has 1 amide bonds. The number of amides is 1. The van der Waals surface area contributed by atoms with E-state index in [2.05, 4.69) is 30.2 Å². The van der Waals surface area contributed by atoms with Crippen molar-refractivity contribution in [2.24, 2.45) is 23.2 Å². The number of hydrogen-bond donors (Lipinski definition) is 2. The van der Waals surface area contributed by atoms with Gasteiger partial charge in [-0.05, 0) is 111 Å². The zero-order valence-corrected chi connectivity index (χ0v) is 16.9. The Kier molecular flexibility index (Phi) is 4.15. The lowest BCUT2D eigenvalue weighted by Crippen LogP contribution is -2.53. The minimum Gasteiger partial charge on any atom is -0.355 e. The number of fused-ring (bicyclic) bond motifs is 1. The maximum Gasteiger partial charge on any atom is 0.251 e. The summed E-state index contributed by atoms with van der Waals surface area (Å²) in [5.41, 5.74) is 3.88. The number of nitrogens with one attached hydrogen (secondary N) is 2. The molecular formula is C24H30N2O2. The number of rotatable bonds is 4. The zero-order chi connectivity index (χ0) is 19.5. The Balaban J connectivity index is 1.28. The molecular weight excluding hydrogens is 348 g/mol. The molecule has 148 valence electrons. The summed E-state index contributed by atoms with van der Waals surface area (Å²) >= 11 is 0. The van der Waals surface area contributed by atoms with Gasteiger partial charge in [-0.1, -0.05) is 0 Å². The largest absolute Gasteiger partial charge is 0.355 e. The van der Waals surface area contributed by atoms with Crippen LogP contribution >= 0.6 is 0 Å². The van der Waals surface area contributed by atoms with Crippen molar-refractivity contribution in [3.8, 4) is 0 Å². The van der Waals surface area contributed by atoms with Crippen LogP contribution in [0.2, 0.25) is 0 Å². The second-order valence-electron chi connectivity index (χ2n) is 9.85. The number of benzene rings is 1. The predicted octanol–water partition coefficient (Wildman–Crippen LogP) is 4.02. The maximum atomic E-state index is 13.1. The highest BCUT2D eigenvalue weighted by atomic mass is 16.2. The van der Waals surface area contributed by atoms with E-state index < -0.39 is 0 Å². The molecule has 1 aromatic carbocycles. The fourth-order valence-corrected chi connectivity index (χ4v) is 6.59. The third kappa shape index (κ3) is 2.98. The van der Waals surface area contributed by atoms with Crippen LogP contribution in [0.3, 0.4) is 0 Å².